The lowest BCUT2D eigenvalue weighted by Crippen LogP contribution is -2.05. The zero-order valence-corrected chi connectivity index (χ0v) is 11.1. The molecule has 112 valence electrons. The average molecular weight is 305 g/mol. The van der Waals surface area contributed by atoms with Crippen molar-refractivity contribution in [3.63, 3.8) is 0 Å². The topological polar surface area (TPSA) is 46.3 Å². The van der Waals surface area contributed by atoms with Crippen LogP contribution < -0.4 is 0 Å². The maximum atomic E-state index is 13.2. The van der Waals surface area contributed by atoms with Crippen LogP contribution in [-0.4, -0.2) is 10.3 Å². The largest absolute Gasteiger partial charge is 0.508 e. The molecule has 0 radical (unpaired) electrons. The Kier molecular flexibility index (Phi) is 3.36. The van der Waals surface area contributed by atoms with E-state index >= 15 is 0 Å². The highest BCUT2D eigenvalue weighted by atomic mass is 19.4. The minimum absolute atomic E-state index is 0.0181. The average Bonchev–Trinajstić information content (AvgIpc) is 2.94. The summed E-state index contributed by atoms with van der Waals surface area (Å²) >= 11 is 0. The number of nitrogens with zero attached hydrogens (tertiary/aromatic N) is 1. The number of rotatable bonds is 2. The first kappa shape index (κ1) is 14.2. The Hall–Kier alpha value is -2.76. The van der Waals surface area contributed by atoms with Gasteiger partial charge in [0.05, 0.1) is 5.56 Å². The van der Waals surface area contributed by atoms with E-state index in [-0.39, 0.29) is 17.0 Å². The van der Waals surface area contributed by atoms with Crippen LogP contribution in [0.2, 0.25) is 0 Å². The molecule has 1 aromatic heterocycles. The predicted molar refractivity (Wildman–Crippen MR) is 74.0 cm³/mol. The smallest absolute Gasteiger partial charge is 0.453 e. The molecule has 0 saturated heterocycles. The molecule has 22 heavy (non-hydrogen) atoms. The maximum absolute atomic E-state index is 13.2. The SMILES string of the molecule is Oc1ccc(-c2noc(C(F)(F)F)c2-c2ccccc2)cc1. The van der Waals surface area contributed by atoms with Crippen molar-refractivity contribution in [1.29, 1.82) is 0 Å². The first-order valence-electron chi connectivity index (χ1n) is 6.38. The van der Waals surface area contributed by atoms with Gasteiger partial charge in [0.15, 0.2) is 0 Å². The number of aromatic nitrogens is 1. The molecule has 0 aliphatic heterocycles. The molecule has 3 aromatic rings. The molecule has 0 spiro atoms. The van der Waals surface area contributed by atoms with E-state index in [0.29, 0.717) is 11.1 Å². The van der Waals surface area contributed by atoms with Crippen molar-refractivity contribution in [2.75, 3.05) is 0 Å². The van der Waals surface area contributed by atoms with Gasteiger partial charge in [-0.1, -0.05) is 35.5 Å². The van der Waals surface area contributed by atoms with Gasteiger partial charge in [0, 0.05) is 5.56 Å². The predicted octanol–water partition coefficient (Wildman–Crippen LogP) is 4.73. The van der Waals surface area contributed by atoms with Gasteiger partial charge in [-0.2, -0.15) is 13.2 Å². The van der Waals surface area contributed by atoms with Crippen LogP contribution in [0.5, 0.6) is 5.75 Å². The van der Waals surface area contributed by atoms with Gasteiger partial charge in [-0.3, -0.25) is 0 Å². The highest BCUT2D eigenvalue weighted by Crippen LogP contribution is 2.42. The van der Waals surface area contributed by atoms with Gasteiger partial charge >= 0.3 is 6.18 Å². The normalized spacial score (nSPS) is 11.6. The summed E-state index contributed by atoms with van der Waals surface area (Å²) in [4.78, 5) is 0. The van der Waals surface area contributed by atoms with Crippen LogP contribution in [0.4, 0.5) is 13.2 Å². The van der Waals surface area contributed by atoms with Gasteiger partial charge in [0.1, 0.15) is 11.4 Å². The zero-order valence-electron chi connectivity index (χ0n) is 11.1. The third kappa shape index (κ3) is 2.55. The van der Waals surface area contributed by atoms with E-state index in [1.54, 1.807) is 30.3 Å². The molecule has 0 unspecified atom stereocenters. The van der Waals surface area contributed by atoms with Crippen molar-refractivity contribution in [2.24, 2.45) is 0 Å². The van der Waals surface area contributed by atoms with E-state index in [4.69, 9.17) is 0 Å². The zero-order chi connectivity index (χ0) is 15.7. The number of benzene rings is 2. The molecule has 6 heteroatoms. The van der Waals surface area contributed by atoms with Gasteiger partial charge in [-0.25, -0.2) is 0 Å². The second-order valence-corrected chi connectivity index (χ2v) is 4.65. The van der Waals surface area contributed by atoms with E-state index in [0.717, 1.165) is 0 Å². The van der Waals surface area contributed by atoms with Crippen LogP contribution in [0.15, 0.2) is 59.1 Å². The van der Waals surface area contributed by atoms with E-state index in [1.807, 2.05) is 0 Å². The van der Waals surface area contributed by atoms with Crippen LogP contribution >= 0.6 is 0 Å². The van der Waals surface area contributed by atoms with Crippen molar-refractivity contribution < 1.29 is 22.8 Å². The maximum Gasteiger partial charge on any atom is 0.453 e. The second-order valence-electron chi connectivity index (χ2n) is 4.65. The molecule has 1 N–H and O–H groups in total. The van der Waals surface area contributed by atoms with Crippen LogP contribution in [0.1, 0.15) is 5.76 Å². The lowest BCUT2D eigenvalue weighted by molar-refractivity contribution is -0.154. The quantitative estimate of drug-likeness (QED) is 0.744. The van der Waals surface area contributed by atoms with Gasteiger partial charge in [0.2, 0.25) is 5.76 Å². The first-order chi connectivity index (χ1) is 10.5. The molecule has 0 aliphatic carbocycles. The monoisotopic (exact) mass is 305 g/mol. The summed E-state index contributed by atoms with van der Waals surface area (Å²) in [6, 6.07) is 13.9. The summed E-state index contributed by atoms with van der Waals surface area (Å²) in [7, 11) is 0. The Balaban J connectivity index is 2.24. The lowest BCUT2D eigenvalue weighted by atomic mass is 9.99. The number of halogens is 3. The minimum Gasteiger partial charge on any atom is -0.508 e. The molecule has 0 atom stereocenters. The Labute approximate surface area is 123 Å². The second kappa shape index (κ2) is 5.22. The molecule has 0 bridgehead atoms. The fraction of sp³-hybridized carbons (Fsp3) is 0.0625. The van der Waals surface area contributed by atoms with Crippen molar-refractivity contribution >= 4 is 0 Å². The number of hydrogen-bond acceptors (Lipinski definition) is 3. The Morgan fingerprint density at radius 2 is 1.50 bits per heavy atom. The van der Waals surface area contributed by atoms with E-state index in [9.17, 15) is 18.3 Å². The number of phenols is 1. The van der Waals surface area contributed by atoms with Crippen molar-refractivity contribution in [1.82, 2.24) is 5.16 Å². The van der Waals surface area contributed by atoms with E-state index < -0.39 is 11.9 Å². The summed E-state index contributed by atoms with van der Waals surface area (Å²) in [6.45, 7) is 0. The lowest BCUT2D eigenvalue weighted by Gasteiger charge is -2.07. The Bertz CT molecular complexity index is 777. The Morgan fingerprint density at radius 1 is 0.864 bits per heavy atom. The van der Waals surface area contributed by atoms with Crippen molar-refractivity contribution in [3.05, 3.63) is 60.4 Å². The molecule has 1 heterocycles. The molecule has 3 nitrogen and oxygen atoms in total. The van der Waals surface area contributed by atoms with Crippen LogP contribution in [0.3, 0.4) is 0 Å². The van der Waals surface area contributed by atoms with Crippen LogP contribution in [0, 0.1) is 0 Å². The fourth-order valence-electron chi connectivity index (χ4n) is 2.17. The standard InChI is InChI=1S/C16H10F3NO2/c17-16(18,19)15-13(10-4-2-1-3-5-10)14(20-22-15)11-6-8-12(21)9-7-11/h1-9,21H. The van der Waals surface area contributed by atoms with E-state index in [1.165, 1.54) is 24.3 Å². The molecular weight excluding hydrogens is 295 g/mol. The van der Waals surface area contributed by atoms with Gasteiger partial charge < -0.3 is 9.63 Å². The number of hydrogen-bond donors (Lipinski definition) is 1. The molecular formula is C16H10F3NO2. The highest BCUT2D eigenvalue weighted by molar-refractivity contribution is 5.82. The minimum atomic E-state index is -4.65. The third-order valence-corrected chi connectivity index (χ3v) is 3.15. The number of alkyl halides is 3. The third-order valence-electron chi connectivity index (χ3n) is 3.15. The van der Waals surface area contributed by atoms with Crippen molar-refractivity contribution in [3.8, 4) is 28.1 Å². The van der Waals surface area contributed by atoms with Crippen LogP contribution in [0.25, 0.3) is 22.4 Å². The molecule has 0 amide bonds. The number of phenolic OH excluding ortho intramolecular Hbond substituents is 1. The molecule has 3 rings (SSSR count). The summed E-state index contributed by atoms with van der Waals surface area (Å²) in [5.74, 6) is -1.12. The summed E-state index contributed by atoms with van der Waals surface area (Å²) in [5, 5.41) is 12.9. The summed E-state index contributed by atoms with van der Waals surface area (Å²) in [5.41, 5.74) is 0.757. The fourth-order valence-corrected chi connectivity index (χ4v) is 2.17. The molecule has 0 saturated carbocycles. The molecule has 2 aromatic carbocycles. The van der Waals surface area contributed by atoms with Crippen LogP contribution in [-0.2, 0) is 6.18 Å². The van der Waals surface area contributed by atoms with E-state index in [2.05, 4.69) is 9.68 Å². The number of aromatic hydroxyl groups is 1. The molecule has 0 fully saturated rings. The van der Waals surface area contributed by atoms with Gasteiger partial charge in [0.25, 0.3) is 0 Å². The van der Waals surface area contributed by atoms with Gasteiger partial charge in [-0.05, 0) is 29.8 Å². The van der Waals surface area contributed by atoms with Crippen molar-refractivity contribution in [2.45, 2.75) is 6.18 Å². The van der Waals surface area contributed by atoms with Gasteiger partial charge in [-0.15, -0.1) is 0 Å². The first-order valence-corrected chi connectivity index (χ1v) is 6.38. The Morgan fingerprint density at radius 3 is 2.09 bits per heavy atom. The summed E-state index contributed by atoms with van der Waals surface area (Å²) < 4.78 is 44.0. The highest BCUT2D eigenvalue weighted by Gasteiger charge is 2.40. The summed E-state index contributed by atoms with van der Waals surface area (Å²) in [6.07, 6.45) is -4.65. The molecule has 0 aliphatic rings.